The molecule has 0 aromatic rings. The molecule has 12 rings (SSSR count). The van der Waals surface area contributed by atoms with Crippen LogP contribution in [-0.2, 0) is 109 Å². The normalized spacial score (nSPS) is 51.0. The number of ether oxygens (including phenoxy) is 21. The number of Topliss-reactive ketones (excluding diaryl/α,β-unsaturated/α-hetero) is 1. The summed E-state index contributed by atoms with van der Waals surface area (Å²) in [4.78, 5) is 24.8. The van der Waals surface area contributed by atoms with Crippen LogP contribution in [0.25, 0.3) is 0 Å². The van der Waals surface area contributed by atoms with Crippen LogP contribution in [0.5, 0.6) is 0 Å². The second-order valence-electron chi connectivity index (χ2n) is 30.0. The lowest BCUT2D eigenvalue weighted by molar-refractivity contribution is -0.447. The van der Waals surface area contributed by atoms with Gasteiger partial charge in [0.1, 0.15) is 36.6 Å². The fourth-order valence-corrected chi connectivity index (χ4v) is 19.0. The average molecular weight is 1370 g/mol. The van der Waals surface area contributed by atoms with Crippen LogP contribution in [0, 0.1) is 28.6 Å². The Morgan fingerprint density at radius 1 is 0.625 bits per heavy atom. The van der Waals surface area contributed by atoms with Gasteiger partial charge in [-0.3, -0.25) is 9.59 Å². The third kappa shape index (κ3) is 14.5. The van der Waals surface area contributed by atoms with Crippen molar-refractivity contribution in [3.05, 3.63) is 23.5 Å². The fraction of sp³-hybridized carbons (Fsp3) is 0.914. The van der Waals surface area contributed by atoms with Crippen LogP contribution in [0.4, 0.5) is 0 Å². The number of methoxy groups -OCH3 is 4. The molecule has 12 aliphatic rings. The maximum Gasteiger partial charge on any atom is 0.303 e. The van der Waals surface area contributed by atoms with E-state index in [4.69, 9.17) is 99.5 Å². The van der Waals surface area contributed by atoms with Gasteiger partial charge in [-0.25, -0.2) is 0 Å². The number of aliphatic hydroxyl groups is 3. The van der Waals surface area contributed by atoms with Crippen LogP contribution in [-0.4, -0.2) is 240 Å². The molecule has 1 unspecified atom stereocenters. The smallest absolute Gasteiger partial charge is 0.303 e. The van der Waals surface area contributed by atoms with Gasteiger partial charge in [0, 0.05) is 65.8 Å². The maximum atomic E-state index is 13.1. The van der Waals surface area contributed by atoms with Gasteiger partial charge < -0.3 is 115 Å². The summed E-state index contributed by atoms with van der Waals surface area (Å²) in [6.07, 6.45) is -5.04. The van der Waals surface area contributed by atoms with E-state index in [2.05, 4.69) is 19.9 Å². The summed E-state index contributed by atoms with van der Waals surface area (Å²) in [6, 6.07) is 0. The first-order valence-electron chi connectivity index (χ1n) is 35.5. The van der Waals surface area contributed by atoms with Crippen LogP contribution >= 0.6 is 0 Å². The van der Waals surface area contributed by atoms with Crippen LogP contribution in [0.1, 0.15) is 166 Å². The molecule has 10 fully saturated rings. The van der Waals surface area contributed by atoms with E-state index in [1.165, 1.54) is 19.6 Å². The fourth-order valence-electron chi connectivity index (χ4n) is 19.0. The van der Waals surface area contributed by atoms with E-state index in [1.807, 2.05) is 34.6 Å². The molecule has 26 heteroatoms. The Bertz CT molecular complexity index is 2700. The van der Waals surface area contributed by atoms with Crippen LogP contribution < -0.4 is 0 Å². The lowest BCUT2D eigenvalue weighted by atomic mass is 9.46. The molecule has 0 aromatic carbocycles. The number of allylic oxidation sites excluding steroid dienone is 1. The van der Waals surface area contributed by atoms with Crippen molar-refractivity contribution in [2.24, 2.45) is 28.6 Å². The SMILES string of the molecule is COC1=C[C@@H](C)OC(O[C@H]2CC[C@@]3(C)C(=CC[C@@H]4[C@@H]3CC[C@@]3(C)[C@H]4CC[C@]3(O)[C@H](C)O[C@H]3C[C@H]4OCO[C@@]5(C[C@@H](OC)[C@H](O[C@H]6C[C@H](O)[C@H](O[C@H]7C[C@@H](O)[C@H](O[C@H]8C[C@H](OC)[C@H](O[C@H]9C[C@H](OC)[C@H](OC(C)=O)[C@@H](C)O9)[C@@H](C)O8)[C@@H](C)O7)[C@@H](C)O6)[C@@H](C)O5)O[C@@H]4[C@@H](C)O3)C2)C1=O. The van der Waals surface area contributed by atoms with E-state index in [1.54, 1.807) is 48.2 Å². The van der Waals surface area contributed by atoms with Crippen LogP contribution in [0.3, 0.4) is 0 Å². The quantitative estimate of drug-likeness (QED) is 0.0981. The summed E-state index contributed by atoms with van der Waals surface area (Å²) in [5, 5.41) is 36.2. The van der Waals surface area contributed by atoms with Gasteiger partial charge in [0.25, 0.3) is 11.8 Å². The Balaban J connectivity index is 0.592. The molecule has 34 atom stereocenters. The zero-order valence-corrected chi connectivity index (χ0v) is 58.8. The van der Waals surface area contributed by atoms with Crippen molar-refractivity contribution in [3.8, 4) is 0 Å². The van der Waals surface area contributed by atoms with Gasteiger partial charge in [-0.05, 0) is 136 Å². The summed E-state index contributed by atoms with van der Waals surface area (Å²) < 4.78 is 131. The number of fused-ring (bicyclic) bond motifs is 6. The molecule has 7 saturated heterocycles. The molecule has 546 valence electrons. The number of hydrogen-bond donors (Lipinski definition) is 3. The van der Waals surface area contributed by atoms with E-state index < -0.39 is 171 Å². The molecule has 26 nitrogen and oxygen atoms in total. The third-order valence-corrected chi connectivity index (χ3v) is 24.1. The summed E-state index contributed by atoms with van der Waals surface area (Å²) in [6.45, 7) is 20.8. The van der Waals surface area contributed by atoms with Gasteiger partial charge in [-0.15, -0.1) is 0 Å². The minimum absolute atomic E-state index is 0.0119. The summed E-state index contributed by atoms with van der Waals surface area (Å²) in [7, 11) is 6.24. The number of carbonyl (C=O) groups is 2. The lowest BCUT2D eigenvalue weighted by Crippen LogP contribution is -2.62. The number of rotatable bonds is 18. The highest BCUT2D eigenvalue weighted by Crippen LogP contribution is 2.68. The first-order chi connectivity index (χ1) is 45.7. The third-order valence-electron chi connectivity index (χ3n) is 24.1. The molecule has 8 heterocycles. The molecule has 0 amide bonds. The lowest BCUT2D eigenvalue weighted by Gasteiger charge is -2.59. The molecule has 0 radical (unpaired) electrons. The minimum atomic E-state index is -1.58. The largest absolute Gasteiger partial charge is 0.493 e. The number of esters is 1. The first kappa shape index (κ1) is 73.3. The maximum absolute atomic E-state index is 13.1. The molecule has 1 spiro atoms. The molecule has 3 N–H and O–H groups in total. The number of hydrogen-bond acceptors (Lipinski definition) is 26. The standard InChI is InChI=1S/C70H110O26/c1-33-24-49(76-12)59(74)66(82-33)90-43-18-21-67(10)42(25-43)16-17-44-45(67)19-22-68(11)46(44)20-23-69(68,75)40(8)88-56-30-52-65(38(6)87-56)96-70(81-32-80-52)31-53(79-15)64(39(7)95-70)93-55-27-48(73)60(34(2)84-55)91-54-26-47(72)61(35(3)83-54)92-57-29-51(78-14)63(37(5)86-57)94-58-28-50(77-13)62(36(4)85-58)89-41(9)71/h16,24,33-40,43-48,50-58,60-66,72-73,75H,17-23,25-32H2,1-15H3/t33-,34-,35-,36-,37-,38-,39-,40+,43+,44-,45+,46+,47-,48+,50+,51+,52-,53-,54+,55+,56+,57+,58+,60-,61-,62-,63-,64-,65-,66?,67+,68+,69+,70-/m1/s1. The van der Waals surface area contributed by atoms with E-state index in [-0.39, 0.29) is 67.1 Å². The summed E-state index contributed by atoms with van der Waals surface area (Å²) in [5.41, 5.74) is -0.0307. The van der Waals surface area contributed by atoms with Gasteiger partial charge in [-0.2, -0.15) is 0 Å². The van der Waals surface area contributed by atoms with Crippen molar-refractivity contribution >= 4 is 11.8 Å². The van der Waals surface area contributed by atoms with Crippen molar-refractivity contribution in [3.63, 3.8) is 0 Å². The van der Waals surface area contributed by atoms with E-state index in [9.17, 15) is 24.9 Å². The molecule has 3 saturated carbocycles. The Hall–Kier alpha value is -2.46. The second kappa shape index (κ2) is 29.7. The van der Waals surface area contributed by atoms with Gasteiger partial charge in [0.05, 0.1) is 105 Å². The Kier molecular flexibility index (Phi) is 22.7. The molecular weight excluding hydrogens is 1260 g/mol. The highest BCUT2D eigenvalue weighted by atomic mass is 16.9. The predicted octanol–water partition coefficient (Wildman–Crippen LogP) is 6.45. The molecular formula is C70H110O26. The molecule has 96 heavy (non-hydrogen) atoms. The molecule has 0 bridgehead atoms. The average Bonchev–Trinajstić information content (AvgIpc) is 1.47. The Labute approximate surface area is 565 Å². The van der Waals surface area contributed by atoms with Crippen molar-refractivity contribution in [2.45, 2.75) is 344 Å². The monoisotopic (exact) mass is 1370 g/mol. The minimum Gasteiger partial charge on any atom is -0.493 e. The number of aliphatic hydroxyl groups excluding tert-OH is 2. The van der Waals surface area contributed by atoms with Crippen molar-refractivity contribution in [1.82, 2.24) is 0 Å². The van der Waals surface area contributed by atoms with Gasteiger partial charge in [-0.1, -0.05) is 25.5 Å². The van der Waals surface area contributed by atoms with Crippen molar-refractivity contribution in [1.29, 1.82) is 0 Å². The Morgan fingerprint density at radius 2 is 1.19 bits per heavy atom. The zero-order chi connectivity index (χ0) is 68.5. The van der Waals surface area contributed by atoms with E-state index in [0.717, 1.165) is 44.9 Å². The zero-order valence-electron chi connectivity index (χ0n) is 58.8. The molecule has 4 aliphatic carbocycles. The van der Waals surface area contributed by atoms with Crippen molar-refractivity contribution in [2.75, 3.05) is 35.2 Å². The van der Waals surface area contributed by atoms with Gasteiger partial charge in [0.2, 0.25) is 6.29 Å². The number of ketones is 1. The second-order valence-corrected chi connectivity index (χ2v) is 30.0. The Morgan fingerprint density at radius 3 is 1.79 bits per heavy atom. The van der Waals surface area contributed by atoms with Crippen LogP contribution in [0.15, 0.2) is 23.5 Å². The van der Waals surface area contributed by atoms with Crippen molar-refractivity contribution < 1.29 is 124 Å². The first-order valence-corrected chi connectivity index (χ1v) is 35.5. The van der Waals surface area contributed by atoms with E-state index in [0.29, 0.717) is 37.0 Å². The molecule has 8 aliphatic heterocycles. The highest BCUT2D eigenvalue weighted by Gasteiger charge is 2.66. The van der Waals surface area contributed by atoms with Gasteiger partial charge >= 0.3 is 5.97 Å². The summed E-state index contributed by atoms with van der Waals surface area (Å²) >= 11 is 0. The number of carbonyl (C=O) groups excluding carboxylic acids is 2. The van der Waals surface area contributed by atoms with Crippen LogP contribution in [0.2, 0.25) is 0 Å². The molecule has 0 aromatic heterocycles. The summed E-state index contributed by atoms with van der Waals surface area (Å²) in [5.74, 6) is -0.768. The van der Waals surface area contributed by atoms with Gasteiger partial charge in [0.15, 0.2) is 50.1 Å². The van der Waals surface area contributed by atoms with E-state index >= 15 is 0 Å². The predicted molar refractivity (Wildman–Crippen MR) is 334 cm³/mol. The topological polar surface area (TPSA) is 289 Å². The highest BCUT2D eigenvalue weighted by molar-refractivity contribution is 5.96.